The van der Waals surface area contributed by atoms with Crippen LogP contribution in [-0.2, 0) is 9.53 Å². The summed E-state index contributed by atoms with van der Waals surface area (Å²) in [6.45, 7) is 0. The Kier molecular flexibility index (Phi) is 6.39. The normalized spacial score (nSPS) is 14.2. The molecule has 4 rings (SSSR count). The number of hydrogen-bond donors (Lipinski definition) is 0. The van der Waals surface area contributed by atoms with Gasteiger partial charge in [-0.1, -0.05) is 45.7 Å². The molecule has 32 heavy (non-hydrogen) atoms. The van der Waals surface area contributed by atoms with Gasteiger partial charge in [-0.15, -0.1) is 0 Å². The highest BCUT2D eigenvalue weighted by Crippen LogP contribution is 2.31. The average Bonchev–Trinajstić information content (AvgIpc) is 3.15. The van der Waals surface area contributed by atoms with Gasteiger partial charge in [0.25, 0.3) is 0 Å². The van der Waals surface area contributed by atoms with Crippen LogP contribution in [0, 0.1) is 0 Å². The fourth-order valence-corrected chi connectivity index (χ4v) is 3.40. The molecule has 0 spiro atoms. The molecular weight excluding hydrogens is 498 g/mol. The summed E-state index contributed by atoms with van der Waals surface area (Å²) in [7, 11) is 1.45. The van der Waals surface area contributed by atoms with Crippen LogP contribution in [0.25, 0.3) is 6.08 Å². The van der Waals surface area contributed by atoms with Crippen molar-refractivity contribution in [3.05, 3.63) is 98.6 Å². The third-order valence-electron chi connectivity index (χ3n) is 4.50. The van der Waals surface area contributed by atoms with Gasteiger partial charge in [0.15, 0.2) is 17.2 Å². The monoisotopic (exact) mass is 511 g/mol. The Morgan fingerprint density at radius 3 is 2.53 bits per heavy atom. The molecular formula is C24H15BrClNO5. The first-order chi connectivity index (χ1) is 15.4. The Bertz CT molecular complexity index is 1270. The van der Waals surface area contributed by atoms with Crippen molar-refractivity contribution < 1.29 is 23.8 Å². The fraction of sp³-hybridized carbons (Fsp3) is 0.0417. The summed E-state index contributed by atoms with van der Waals surface area (Å²) in [6, 6.07) is 18.7. The van der Waals surface area contributed by atoms with Crippen LogP contribution in [0.1, 0.15) is 21.5 Å². The summed E-state index contributed by atoms with van der Waals surface area (Å²) in [4.78, 5) is 29.0. The number of methoxy groups -OCH3 is 1. The van der Waals surface area contributed by atoms with Crippen molar-refractivity contribution in [2.75, 3.05) is 7.11 Å². The predicted octanol–water partition coefficient (Wildman–Crippen LogP) is 5.67. The molecule has 0 amide bonds. The van der Waals surface area contributed by atoms with E-state index in [0.717, 1.165) is 4.47 Å². The number of ether oxygens (including phenoxy) is 3. The number of carbonyl (C=O) groups is 2. The van der Waals surface area contributed by atoms with Gasteiger partial charge in [0.05, 0.1) is 17.7 Å². The van der Waals surface area contributed by atoms with E-state index in [4.69, 9.17) is 25.8 Å². The quantitative estimate of drug-likeness (QED) is 0.250. The zero-order valence-electron chi connectivity index (χ0n) is 16.7. The third kappa shape index (κ3) is 4.74. The van der Waals surface area contributed by atoms with Crippen LogP contribution in [0.15, 0.2) is 81.9 Å². The van der Waals surface area contributed by atoms with Gasteiger partial charge in [-0.2, -0.15) is 0 Å². The van der Waals surface area contributed by atoms with Crippen LogP contribution < -0.4 is 9.47 Å². The van der Waals surface area contributed by atoms with E-state index in [1.54, 1.807) is 60.7 Å². The average molecular weight is 513 g/mol. The van der Waals surface area contributed by atoms with Gasteiger partial charge in [0.2, 0.25) is 5.90 Å². The molecule has 0 saturated heterocycles. The van der Waals surface area contributed by atoms with Gasteiger partial charge in [-0.3, -0.25) is 0 Å². The van der Waals surface area contributed by atoms with Crippen LogP contribution in [0.4, 0.5) is 0 Å². The first kappa shape index (κ1) is 21.8. The molecule has 0 fully saturated rings. The second-order valence-electron chi connectivity index (χ2n) is 6.62. The molecule has 3 aromatic carbocycles. The summed E-state index contributed by atoms with van der Waals surface area (Å²) < 4.78 is 17.0. The molecule has 0 atom stereocenters. The smallest absolute Gasteiger partial charge is 0.363 e. The summed E-state index contributed by atoms with van der Waals surface area (Å²) in [5.74, 6) is -0.416. The lowest BCUT2D eigenvalue weighted by atomic mass is 10.1. The highest BCUT2D eigenvalue weighted by molar-refractivity contribution is 9.10. The summed E-state index contributed by atoms with van der Waals surface area (Å²) in [5, 5.41) is 0.289. The summed E-state index contributed by atoms with van der Waals surface area (Å²) >= 11 is 9.42. The van der Waals surface area contributed by atoms with E-state index in [-0.39, 0.29) is 27.9 Å². The molecule has 0 radical (unpaired) electrons. The van der Waals surface area contributed by atoms with Gasteiger partial charge in [-0.05, 0) is 60.2 Å². The molecule has 8 heteroatoms. The van der Waals surface area contributed by atoms with Crippen LogP contribution in [0.5, 0.6) is 11.5 Å². The minimum absolute atomic E-state index is 0.144. The Morgan fingerprint density at radius 2 is 1.81 bits per heavy atom. The molecule has 0 N–H and O–H groups in total. The van der Waals surface area contributed by atoms with Gasteiger partial charge in [-0.25, -0.2) is 14.6 Å². The number of aliphatic imine (C=N–C) groups is 1. The number of halogens is 2. The molecule has 0 aliphatic carbocycles. The van der Waals surface area contributed by atoms with Gasteiger partial charge in [0.1, 0.15) is 0 Å². The standard InChI is InChI=1S/C24H15BrClNO5/c1-30-21-13-14(6-11-20(21)31-23(28)17-4-2-3-5-18(17)26)12-19-24(29)32-22(27-19)15-7-9-16(25)10-8-15/h2-13H,1H3/b19-12-. The van der Waals surface area contributed by atoms with E-state index in [9.17, 15) is 9.59 Å². The van der Waals surface area contributed by atoms with Crippen molar-refractivity contribution in [2.24, 2.45) is 4.99 Å². The van der Waals surface area contributed by atoms with Gasteiger partial charge < -0.3 is 14.2 Å². The SMILES string of the molecule is COc1cc(/C=C2\N=C(c3ccc(Br)cc3)OC2=O)ccc1OC(=O)c1ccccc1Cl. The topological polar surface area (TPSA) is 74.2 Å². The molecule has 1 aliphatic heterocycles. The lowest BCUT2D eigenvalue weighted by Gasteiger charge is -2.10. The Labute approximate surface area is 197 Å². The van der Waals surface area contributed by atoms with Crippen molar-refractivity contribution in [1.29, 1.82) is 0 Å². The van der Waals surface area contributed by atoms with Crippen molar-refractivity contribution in [2.45, 2.75) is 0 Å². The van der Waals surface area contributed by atoms with Crippen molar-refractivity contribution >= 4 is 51.4 Å². The number of benzene rings is 3. The van der Waals surface area contributed by atoms with E-state index >= 15 is 0 Å². The minimum atomic E-state index is -0.608. The van der Waals surface area contributed by atoms with E-state index < -0.39 is 11.9 Å². The van der Waals surface area contributed by atoms with Crippen molar-refractivity contribution in [1.82, 2.24) is 0 Å². The van der Waals surface area contributed by atoms with E-state index in [1.165, 1.54) is 7.11 Å². The summed E-state index contributed by atoms with van der Waals surface area (Å²) in [6.07, 6.45) is 1.57. The fourth-order valence-electron chi connectivity index (χ4n) is 2.92. The number of rotatable bonds is 5. The Morgan fingerprint density at radius 1 is 1.06 bits per heavy atom. The second kappa shape index (κ2) is 9.38. The molecule has 6 nitrogen and oxygen atoms in total. The van der Waals surface area contributed by atoms with E-state index in [2.05, 4.69) is 20.9 Å². The molecule has 0 bridgehead atoms. The third-order valence-corrected chi connectivity index (χ3v) is 5.36. The van der Waals surface area contributed by atoms with E-state index in [1.807, 2.05) is 12.1 Å². The lowest BCUT2D eigenvalue weighted by molar-refractivity contribution is -0.129. The van der Waals surface area contributed by atoms with Crippen molar-refractivity contribution in [3.63, 3.8) is 0 Å². The predicted molar refractivity (Wildman–Crippen MR) is 124 cm³/mol. The lowest BCUT2D eigenvalue weighted by Crippen LogP contribution is -2.09. The van der Waals surface area contributed by atoms with Crippen LogP contribution >= 0.6 is 27.5 Å². The largest absolute Gasteiger partial charge is 0.493 e. The molecule has 160 valence electrons. The number of carbonyl (C=O) groups excluding carboxylic acids is 2. The maximum absolute atomic E-state index is 12.4. The van der Waals surface area contributed by atoms with Gasteiger partial charge >= 0.3 is 11.9 Å². The molecule has 0 aromatic heterocycles. The number of nitrogens with zero attached hydrogens (tertiary/aromatic N) is 1. The first-order valence-electron chi connectivity index (χ1n) is 9.38. The maximum atomic E-state index is 12.4. The second-order valence-corrected chi connectivity index (χ2v) is 7.95. The highest BCUT2D eigenvalue weighted by atomic mass is 79.9. The zero-order chi connectivity index (χ0) is 22.7. The van der Waals surface area contributed by atoms with E-state index in [0.29, 0.717) is 16.9 Å². The molecule has 1 heterocycles. The number of hydrogen-bond acceptors (Lipinski definition) is 6. The van der Waals surface area contributed by atoms with Crippen molar-refractivity contribution in [3.8, 4) is 11.5 Å². The molecule has 0 saturated carbocycles. The highest BCUT2D eigenvalue weighted by Gasteiger charge is 2.24. The van der Waals surface area contributed by atoms with Gasteiger partial charge in [0, 0.05) is 10.0 Å². The molecule has 3 aromatic rings. The van der Waals surface area contributed by atoms with Crippen LogP contribution in [-0.4, -0.2) is 24.9 Å². The Hall–Kier alpha value is -3.42. The Balaban J connectivity index is 1.58. The first-order valence-corrected chi connectivity index (χ1v) is 10.5. The molecule has 1 aliphatic rings. The zero-order valence-corrected chi connectivity index (χ0v) is 19.0. The maximum Gasteiger partial charge on any atom is 0.363 e. The minimum Gasteiger partial charge on any atom is -0.493 e. The van der Waals surface area contributed by atoms with Crippen LogP contribution in [0.2, 0.25) is 5.02 Å². The van der Waals surface area contributed by atoms with Crippen LogP contribution in [0.3, 0.4) is 0 Å². The number of esters is 2. The molecule has 0 unspecified atom stereocenters. The number of cyclic esters (lactones) is 1. The summed E-state index contributed by atoms with van der Waals surface area (Å²) in [5.41, 5.74) is 1.69.